The van der Waals surface area contributed by atoms with Gasteiger partial charge in [0.25, 0.3) is 0 Å². The fourth-order valence-corrected chi connectivity index (χ4v) is 0.931. The lowest BCUT2D eigenvalue weighted by Crippen LogP contribution is -1.77. The highest BCUT2D eigenvalue weighted by Gasteiger charge is 1.90. The molecule has 0 aliphatic heterocycles. The van der Waals surface area contributed by atoms with Crippen LogP contribution in [0.1, 0.15) is 11.1 Å². The molecular formula is C9H12ClF. The summed E-state index contributed by atoms with van der Waals surface area (Å²) in [5.41, 5.74) is 2.54. The van der Waals surface area contributed by atoms with E-state index in [2.05, 4.69) is 13.8 Å². The van der Waals surface area contributed by atoms with Crippen molar-refractivity contribution in [3.8, 4) is 0 Å². The zero-order valence-corrected chi connectivity index (χ0v) is 7.74. The summed E-state index contributed by atoms with van der Waals surface area (Å²) >= 11 is 5.72. The van der Waals surface area contributed by atoms with Crippen molar-refractivity contribution in [2.24, 2.45) is 0 Å². The van der Waals surface area contributed by atoms with Crippen molar-refractivity contribution in [1.29, 1.82) is 0 Å². The first-order valence-electron chi connectivity index (χ1n) is 3.30. The molecule has 0 aliphatic carbocycles. The number of alkyl halides is 1. The van der Waals surface area contributed by atoms with Gasteiger partial charge in [0.05, 0.1) is 7.18 Å². The first kappa shape index (κ1) is 10.4. The van der Waals surface area contributed by atoms with Crippen LogP contribution in [0.3, 0.4) is 0 Å². The van der Waals surface area contributed by atoms with E-state index in [9.17, 15) is 4.39 Å². The summed E-state index contributed by atoms with van der Waals surface area (Å²) in [5, 5.41) is 0.818. The van der Waals surface area contributed by atoms with Gasteiger partial charge in [0.1, 0.15) is 0 Å². The zero-order valence-electron chi connectivity index (χ0n) is 6.99. The number of rotatable bonds is 0. The van der Waals surface area contributed by atoms with Crippen LogP contribution in [0, 0.1) is 13.8 Å². The third-order valence-corrected chi connectivity index (χ3v) is 1.70. The molecule has 0 unspecified atom stereocenters. The first-order valence-corrected chi connectivity index (χ1v) is 3.68. The molecule has 1 aromatic carbocycles. The highest BCUT2D eigenvalue weighted by molar-refractivity contribution is 6.30. The molecule has 1 rings (SSSR count). The van der Waals surface area contributed by atoms with Crippen LogP contribution in [0.15, 0.2) is 18.2 Å². The molecule has 0 saturated carbocycles. The Labute approximate surface area is 72.0 Å². The third kappa shape index (κ3) is 3.38. The van der Waals surface area contributed by atoms with Crippen LogP contribution in [0.4, 0.5) is 4.39 Å². The molecule has 0 aromatic heterocycles. The van der Waals surface area contributed by atoms with E-state index in [-0.39, 0.29) is 0 Å². The average Bonchev–Trinajstić information content (AvgIpc) is 2.02. The van der Waals surface area contributed by atoms with Crippen molar-refractivity contribution in [2.45, 2.75) is 13.8 Å². The van der Waals surface area contributed by atoms with Gasteiger partial charge in [0, 0.05) is 5.02 Å². The van der Waals surface area contributed by atoms with Gasteiger partial charge in [0.15, 0.2) is 0 Å². The molecule has 0 fully saturated rings. The minimum absolute atomic E-state index is 0.500. The van der Waals surface area contributed by atoms with Crippen LogP contribution in [0.25, 0.3) is 0 Å². The summed E-state index contributed by atoms with van der Waals surface area (Å²) in [6.07, 6.45) is 0. The van der Waals surface area contributed by atoms with Gasteiger partial charge in [-0.05, 0) is 37.1 Å². The minimum atomic E-state index is 0.500. The average molecular weight is 175 g/mol. The topological polar surface area (TPSA) is 0 Å². The molecule has 1 aromatic rings. The number of hydrogen-bond acceptors (Lipinski definition) is 0. The summed E-state index contributed by atoms with van der Waals surface area (Å²) in [6.45, 7) is 4.13. The van der Waals surface area contributed by atoms with Crippen LogP contribution in [-0.4, -0.2) is 7.18 Å². The lowest BCUT2D eigenvalue weighted by Gasteiger charge is -1.97. The highest BCUT2D eigenvalue weighted by Crippen LogP contribution is 2.13. The Kier molecular flexibility index (Phi) is 4.88. The number of benzene rings is 1. The fraction of sp³-hybridized carbons (Fsp3) is 0.333. The van der Waals surface area contributed by atoms with E-state index in [4.69, 9.17) is 11.6 Å². The Morgan fingerprint density at radius 1 is 1.09 bits per heavy atom. The fourth-order valence-electron chi connectivity index (χ4n) is 0.705. The molecule has 0 heterocycles. The second-order valence-electron chi connectivity index (χ2n) is 2.23. The van der Waals surface area contributed by atoms with Crippen molar-refractivity contribution < 1.29 is 4.39 Å². The van der Waals surface area contributed by atoms with Crippen LogP contribution in [0.2, 0.25) is 5.02 Å². The van der Waals surface area contributed by atoms with Gasteiger partial charge in [-0.3, -0.25) is 4.39 Å². The largest absolute Gasteiger partial charge is 0.255 e. The van der Waals surface area contributed by atoms with Gasteiger partial charge >= 0.3 is 0 Å². The summed E-state index contributed by atoms with van der Waals surface area (Å²) in [7, 11) is 0.500. The quantitative estimate of drug-likeness (QED) is 0.565. The molecule has 0 radical (unpaired) electrons. The van der Waals surface area contributed by atoms with Crippen molar-refractivity contribution in [3.63, 3.8) is 0 Å². The number of hydrogen-bond donors (Lipinski definition) is 0. The van der Waals surface area contributed by atoms with Crippen LogP contribution < -0.4 is 0 Å². The van der Waals surface area contributed by atoms with Gasteiger partial charge < -0.3 is 0 Å². The Bertz CT molecular complexity index is 221. The van der Waals surface area contributed by atoms with E-state index in [1.54, 1.807) is 0 Å². The van der Waals surface area contributed by atoms with Crippen molar-refractivity contribution in [2.75, 3.05) is 7.18 Å². The Hall–Kier alpha value is -0.560. The monoisotopic (exact) mass is 174 g/mol. The van der Waals surface area contributed by atoms with E-state index >= 15 is 0 Å². The van der Waals surface area contributed by atoms with Crippen molar-refractivity contribution in [3.05, 3.63) is 34.3 Å². The van der Waals surface area contributed by atoms with Crippen LogP contribution in [-0.2, 0) is 0 Å². The van der Waals surface area contributed by atoms with Gasteiger partial charge in [-0.2, -0.15) is 0 Å². The second kappa shape index (κ2) is 5.14. The maximum Gasteiger partial charge on any atom is 0.0785 e. The van der Waals surface area contributed by atoms with E-state index in [1.807, 2.05) is 18.2 Å². The molecule has 0 N–H and O–H groups in total. The Morgan fingerprint density at radius 2 is 1.64 bits per heavy atom. The molecule has 62 valence electrons. The van der Waals surface area contributed by atoms with E-state index in [1.165, 1.54) is 11.1 Å². The minimum Gasteiger partial charge on any atom is -0.255 e. The molecule has 0 aliphatic rings. The smallest absolute Gasteiger partial charge is 0.0785 e. The zero-order chi connectivity index (χ0) is 8.85. The molecule has 0 amide bonds. The normalized spacial score (nSPS) is 8.45. The van der Waals surface area contributed by atoms with E-state index in [0.717, 1.165) is 5.02 Å². The molecule has 0 nitrogen and oxygen atoms in total. The van der Waals surface area contributed by atoms with E-state index < -0.39 is 0 Å². The summed E-state index contributed by atoms with van der Waals surface area (Å²) in [5.74, 6) is 0. The molecule has 0 bridgehead atoms. The second-order valence-corrected chi connectivity index (χ2v) is 2.67. The summed E-state index contributed by atoms with van der Waals surface area (Å²) in [4.78, 5) is 0. The highest BCUT2D eigenvalue weighted by atomic mass is 35.5. The van der Waals surface area contributed by atoms with Gasteiger partial charge in [-0.25, -0.2) is 0 Å². The number of halogens is 2. The molecule has 11 heavy (non-hydrogen) atoms. The predicted molar refractivity (Wildman–Crippen MR) is 48.0 cm³/mol. The number of aryl methyl sites for hydroxylation is 2. The molecular weight excluding hydrogens is 163 g/mol. The van der Waals surface area contributed by atoms with Gasteiger partial charge in [-0.15, -0.1) is 0 Å². The van der Waals surface area contributed by atoms with E-state index in [0.29, 0.717) is 7.18 Å². The Balaban J connectivity index is 0.000000461. The van der Waals surface area contributed by atoms with Crippen LogP contribution in [0.5, 0.6) is 0 Å². The van der Waals surface area contributed by atoms with Crippen LogP contribution >= 0.6 is 11.6 Å². The first-order chi connectivity index (χ1) is 5.20. The summed E-state index contributed by atoms with van der Waals surface area (Å²) in [6, 6.07) is 5.90. The SMILES string of the molecule is CF.Cc1ccc(Cl)cc1C. The molecule has 0 atom stereocenters. The van der Waals surface area contributed by atoms with Crippen molar-refractivity contribution >= 4 is 11.6 Å². The predicted octanol–water partition coefficient (Wildman–Crippen LogP) is 3.54. The molecule has 0 saturated heterocycles. The van der Waals surface area contributed by atoms with Gasteiger partial charge in [-0.1, -0.05) is 17.7 Å². The third-order valence-electron chi connectivity index (χ3n) is 1.47. The maximum atomic E-state index is 9.50. The molecule has 2 heteroatoms. The maximum absolute atomic E-state index is 9.50. The lowest BCUT2D eigenvalue weighted by molar-refractivity contribution is 0.636. The standard InChI is InChI=1S/C8H9Cl.CH3F/c1-6-3-4-8(9)5-7(6)2;1-2/h3-5H,1-2H3;1H3. The lowest BCUT2D eigenvalue weighted by atomic mass is 10.1. The summed E-state index contributed by atoms with van der Waals surface area (Å²) < 4.78 is 9.50. The molecule has 0 spiro atoms. The van der Waals surface area contributed by atoms with Crippen molar-refractivity contribution in [1.82, 2.24) is 0 Å². The van der Waals surface area contributed by atoms with Gasteiger partial charge in [0.2, 0.25) is 0 Å². The Morgan fingerprint density at radius 3 is 2.00 bits per heavy atom.